The number of methoxy groups -OCH3 is 1. The van der Waals surface area contributed by atoms with Crippen molar-refractivity contribution in [2.45, 2.75) is 27.2 Å². The van der Waals surface area contributed by atoms with Crippen molar-refractivity contribution in [2.24, 2.45) is 5.41 Å². The molecule has 1 heterocycles. The monoisotopic (exact) mass is 288 g/mol. The fourth-order valence-electron chi connectivity index (χ4n) is 2.58. The van der Waals surface area contributed by atoms with Gasteiger partial charge in [-0.3, -0.25) is 4.79 Å². The third-order valence-electron chi connectivity index (χ3n) is 3.87. The van der Waals surface area contributed by atoms with Crippen LogP contribution in [0.3, 0.4) is 0 Å². The van der Waals surface area contributed by atoms with Crippen LogP contribution in [0.15, 0.2) is 29.8 Å². The first-order chi connectivity index (χ1) is 9.81. The second kappa shape index (κ2) is 5.80. The molecule has 1 aromatic carbocycles. The zero-order valence-electron chi connectivity index (χ0n) is 13.3. The first-order valence-corrected chi connectivity index (χ1v) is 7.24. The molecule has 0 aliphatic carbocycles. The Kier molecular flexibility index (Phi) is 4.26. The molecule has 1 aromatic rings. The number of hydrogen-bond donors (Lipinski definition) is 1. The van der Waals surface area contributed by atoms with E-state index in [1.54, 1.807) is 25.3 Å². The first kappa shape index (κ1) is 15.4. The second-order valence-corrected chi connectivity index (χ2v) is 6.48. The highest BCUT2D eigenvalue weighted by atomic mass is 16.5. The molecule has 0 aromatic heterocycles. The van der Waals surface area contributed by atoms with Gasteiger partial charge in [-0.2, -0.15) is 0 Å². The molecule has 0 saturated heterocycles. The number of benzene rings is 1. The molecule has 1 aliphatic heterocycles. The number of nitrogens with two attached hydrogens (primary N) is 1. The molecule has 114 valence electrons. The zero-order valence-corrected chi connectivity index (χ0v) is 13.3. The van der Waals surface area contributed by atoms with Crippen LogP contribution in [0.5, 0.6) is 5.75 Å². The number of nitrogens with zero attached hydrogens (tertiary/aromatic N) is 1. The Morgan fingerprint density at radius 1 is 1.29 bits per heavy atom. The summed E-state index contributed by atoms with van der Waals surface area (Å²) in [7, 11) is 1.57. The highest BCUT2D eigenvalue weighted by molar-refractivity contribution is 5.95. The summed E-state index contributed by atoms with van der Waals surface area (Å²) in [6.07, 6.45) is 3.10. The van der Waals surface area contributed by atoms with Crippen LogP contribution in [0, 0.1) is 5.41 Å². The minimum Gasteiger partial charge on any atom is -0.497 e. The molecule has 0 spiro atoms. The summed E-state index contributed by atoms with van der Waals surface area (Å²) < 4.78 is 5.17. The lowest BCUT2D eigenvalue weighted by Crippen LogP contribution is -2.36. The predicted octanol–water partition coefficient (Wildman–Crippen LogP) is 3.10. The van der Waals surface area contributed by atoms with Crippen LogP contribution in [0.1, 0.15) is 37.6 Å². The molecule has 1 aliphatic rings. The summed E-state index contributed by atoms with van der Waals surface area (Å²) in [4.78, 5) is 14.4. The normalized spacial score (nSPS) is 15.6. The fourth-order valence-corrected chi connectivity index (χ4v) is 2.58. The molecule has 4 heteroatoms. The molecule has 1 amide bonds. The Bertz CT molecular complexity index is 571. The van der Waals surface area contributed by atoms with E-state index in [4.69, 9.17) is 10.5 Å². The van der Waals surface area contributed by atoms with Gasteiger partial charge in [0.05, 0.1) is 7.11 Å². The van der Waals surface area contributed by atoms with Gasteiger partial charge in [-0.05, 0) is 24.0 Å². The molecule has 0 radical (unpaired) electrons. The topological polar surface area (TPSA) is 55.6 Å². The number of amides is 1. The maximum Gasteiger partial charge on any atom is 0.254 e. The van der Waals surface area contributed by atoms with Gasteiger partial charge >= 0.3 is 0 Å². The van der Waals surface area contributed by atoms with Crippen molar-refractivity contribution < 1.29 is 9.53 Å². The van der Waals surface area contributed by atoms with Crippen molar-refractivity contribution in [3.05, 3.63) is 35.4 Å². The number of carbonyl (C=O) groups excluding carboxylic acids is 1. The SMILES string of the molecule is COc1cc(N)cc(C(=O)N2CC=C(C(C)(C)C)CC2)c1. The van der Waals surface area contributed by atoms with E-state index in [9.17, 15) is 4.79 Å². The van der Waals surface area contributed by atoms with Crippen molar-refractivity contribution in [3.8, 4) is 5.75 Å². The third-order valence-corrected chi connectivity index (χ3v) is 3.87. The van der Waals surface area contributed by atoms with Crippen LogP contribution >= 0.6 is 0 Å². The summed E-state index contributed by atoms with van der Waals surface area (Å²) in [6.45, 7) is 8.03. The van der Waals surface area contributed by atoms with Gasteiger partial charge in [0.15, 0.2) is 0 Å². The third kappa shape index (κ3) is 3.57. The summed E-state index contributed by atoms with van der Waals surface area (Å²) in [6, 6.07) is 5.15. The molecule has 0 atom stereocenters. The van der Waals surface area contributed by atoms with Gasteiger partial charge in [0.1, 0.15) is 5.75 Å². The minimum atomic E-state index is 0.00445. The van der Waals surface area contributed by atoms with Crippen LogP contribution in [-0.2, 0) is 0 Å². The molecule has 0 fully saturated rings. The van der Waals surface area contributed by atoms with Crippen molar-refractivity contribution in [2.75, 3.05) is 25.9 Å². The van der Waals surface area contributed by atoms with E-state index in [2.05, 4.69) is 26.8 Å². The molecular formula is C17H24N2O2. The number of ether oxygens (including phenoxy) is 1. The Balaban J connectivity index is 2.16. The number of carbonyl (C=O) groups is 1. The molecule has 21 heavy (non-hydrogen) atoms. The Morgan fingerprint density at radius 2 is 2.00 bits per heavy atom. The fraction of sp³-hybridized carbons (Fsp3) is 0.471. The van der Waals surface area contributed by atoms with Gasteiger partial charge in [0.25, 0.3) is 5.91 Å². The molecule has 0 bridgehead atoms. The van der Waals surface area contributed by atoms with Gasteiger partial charge in [0.2, 0.25) is 0 Å². The standard InChI is InChI=1S/C17H24N2O2/c1-17(2,3)13-5-7-19(8-6-13)16(20)12-9-14(18)11-15(10-12)21-4/h5,9-11H,6-8,18H2,1-4H3. The highest BCUT2D eigenvalue weighted by Crippen LogP contribution is 2.30. The van der Waals surface area contributed by atoms with Gasteiger partial charge in [-0.25, -0.2) is 0 Å². The smallest absolute Gasteiger partial charge is 0.254 e. The Morgan fingerprint density at radius 3 is 2.52 bits per heavy atom. The number of anilines is 1. The van der Waals surface area contributed by atoms with Gasteiger partial charge < -0.3 is 15.4 Å². The highest BCUT2D eigenvalue weighted by Gasteiger charge is 2.24. The lowest BCUT2D eigenvalue weighted by atomic mass is 9.83. The number of hydrogen-bond acceptors (Lipinski definition) is 3. The molecule has 2 rings (SSSR count). The van der Waals surface area contributed by atoms with E-state index in [1.807, 2.05) is 4.90 Å². The maximum absolute atomic E-state index is 12.6. The number of nitrogen functional groups attached to an aromatic ring is 1. The molecule has 0 unspecified atom stereocenters. The van der Waals surface area contributed by atoms with Crippen molar-refractivity contribution in [1.29, 1.82) is 0 Å². The van der Waals surface area contributed by atoms with E-state index in [1.165, 1.54) is 5.57 Å². The molecule has 0 saturated carbocycles. The van der Waals surface area contributed by atoms with E-state index >= 15 is 0 Å². The Hall–Kier alpha value is -1.97. The quantitative estimate of drug-likeness (QED) is 0.672. The van der Waals surface area contributed by atoms with E-state index in [-0.39, 0.29) is 11.3 Å². The van der Waals surface area contributed by atoms with Gasteiger partial charge in [0, 0.05) is 30.4 Å². The van der Waals surface area contributed by atoms with Crippen molar-refractivity contribution in [1.82, 2.24) is 4.90 Å². The van der Waals surface area contributed by atoms with Crippen LogP contribution in [0.4, 0.5) is 5.69 Å². The van der Waals surface area contributed by atoms with Crippen LogP contribution in [-0.4, -0.2) is 31.0 Å². The summed E-state index contributed by atoms with van der Waals surface area (Å²) in [5, 5.41) is 0. The van der Waals surface area contributed by atoms with E-state index in [0.717, 1.165) is 13.0 Å². The summed E-state index contributed by atoms with van der Waals surface area (Å²) >= 11 is 0. The van der Waals surface area contributed by atoms with Gasteiger partial charge in [-0.15, -0.1) is 0 Å². The zero-order chi connectivity index (χ0) is 15.6. The summed E-state index contributed by atoms with van der Waals surface area (Å²) in [5.74, 6) is 0.617. The van der Waals surface area contributed by atoms with Crippen LogP contribution in [0.2, 0.25) is 0 Å². The maximum atomic E-state index is 12.6. The lowest BCUT2D eigenvalue weighted by molar-refractivity contribution is 0.0764. The van der Waals surface area contributed by atoms with Crippen LogP contribution in [0.25, 0.3) is 0 Å². The van der Waals surface area contributed by atoms with E-state index < -0.39 is 0 Å². The largest absolute Gasteiger partial charge is 0.497 e. The van der Waals surface area contributed by atoms with Crippen molar-refractivity contribution >= 4 is 11.6 Å². The van der Waals surface area contributed by atoms with Gasteiger partial charge in [-0.1, -0.05) is 32.4 Å². The average Bonchev–Trinajstić information content (AvgIpc) is 2.45. The Labute approximate surface area is 126 Å². The minimum absolute atomic E-state index is 0.00445. The predicted molar refractivity (Wildman–Crippen MR) is 85.5 cm³/mol. The van der Waals surface area contributed by atoms with Crippen LogP contribution < -0.4 is 10.5 Å². The first-order valence-electron chi connectivity index (χ1n) is 7.24. The summed E-state index contributed by atoms with van der Waals surface area (Å²) in [5.41, 5.74) is 8.53. The lowest BCUT2D eigenvalue weighted by Gasteiger charge is -2.32. The molecule has 4 nitrogen and oxygen atoms in total. The van der Waals surface area contributed by atoms with Crippen molar-refractivity contribution in [3.63, 3.8) is 0 Å². The molecular weight excluding hydrogens is 264 g/mol. The average molecular weight is 288 g/mol. The van der Waals surface area contributed by atoms with E-state index in [0.29, 0.717) is 23.5 Å². The number of rotatable bonds is 2. The second-order valence-electron chi connectivity index (χ2n) is 6.48. The molecule has 2 N–H and O–H groups in total.